The molecule has 2 rings (SSSR count). The molecular weight excluding hydrogens is 230 g/mol. The number of aromatic nitrogens is 2. The van der Waals surface area contributed by atoms with E-state index < -0.39 is 0 Å². The van der Waals surface area contributed by atoms with Gasteiger partial charge in [-0.15, -0.1) is 0 Å². The van der Waals surface area contributed by atoms with Crippen molar-refractivity contribution in [3.8, 4) is 0 Å². The van der Waals surface area contributed by atoms with Gasteiger partial charge in [0.15, 0.2) is 0 Å². The number of rotatable bonds is 6. The van der Waals surface area contributed by atoms with Crippen molar-refractivity contribution >= 4 is 0 Å². The van der Waals surface area contributed by atoms with Crippen LogP contribution in [0.3, 0.4) is 0 Å². The van der Waals surface area contributed by atoms with E-state index in [1.165, 1.54) is 0 Å². The molecule has 1 aromatic heterocycles. The minimum Gasteiger partial charge on any atom is -0.381 e. The topological polar surface area (TPSA) is 62.3 Å². The molecule has 0 radical (unpaired) electrons. The molecule has 18 heavy (non-hydrogen) atoms. The first kappa shape index (κ1) is 13.5. The summed E-state index contributed by atoms with van der Waals surface area (Å²) in [4.78, 5) is 4.23. The van der Waals surface area contributed by atoms with Crippen molar-refractivity contribution in [1.82, 2.24) is 9.55 Å². The number of imidazole rings is 1. The highest BCUT2D eigenvalue weighted by Gasteiger charge is 2.27. The van der Waals surface area contributed by atoms with Gasteiger partial charge in [0.2, 0.25) is 0 Å². The van der Waals surface area contributed by atoms with Crippen LogP contribution in [0.5, 0.6) is 0 Å². The van der Waals surface area contributed by atoms with E-state index in [4.69, 9.17) is 15.2 Å². The van der Waals surface area contributed by atoms with Gasteiger partial charge in [0.05, 0.1) is 37.3 Å². The van der Waals surface area contributed by atoms with Crippen molar-refractivity contribution < 1.29 is 9.47 Å². The van der Waals surface area contributed by atoms with Gasteiger partial charge >= 0.3 is 0 Å². The first-order valence-electron chi connectivity index (χ1n) is 6.66. The zero-order valence-corrected chi connectivity index (χ0v) is 11.2. The van der Waals surface area contributed by atoms with Crippen LogP contribution < -0.4 is 5.73 Å². The van der Waals surface area contributed by atoms with Crippen molar-refractivity contribution in [3.05, 3.63) is 18.2 Å². The van der Waals surface area contributed by atoms with Gasteiger partial charge in [-0.25, -0.2) is 4.98 Å². The van der Waals surface area contributed by atoms with Gasteiger partial charge in [-0.2, -0.15) is 0 Å². The second-order valence-corrected chi connectivity index (χ2v) is 4.88. The normalized spacial score (nSPS) is 23.2. The molecule has 102 valence electrons. The van der Waals surface area contributed by atoms with E-state index in [0.29, 0.717) is 12.5 Å². The number of ether oxygens (including phenoxy) is 2. The summed E-state index contributed by atoms with van der Waals surface area (Å²) in [5.74, 6) is 0.403. The minimum absolute atomic E-state index is 0.000855. The van der Waals surface area contributed by atoms with Crippen molar-refractivity contribution in [2.24, 2.45) is 11.7 Å². The quantitative estimate of drug-likeness (QED) is 0.835. The van der Waals surface area contributed by atoms with E-state index in [2.05, 4.69) is 16.5 Å². The van der Waals surface area contributed by atoms with Crippen LogP contribution in [0.15, 0.2) is 12.5 Å². The summed E-state index contributed by atoms with van der Waals surface area (Å²) in [6.45, 7) is 7.12. The maximum atomic E-state index is 6.33. The SMILES string of the molecule is CCOCC(C)n1cncc1C(N)C1CCOC1. The Morgan fingerprint density at radius 1 is 1.67 bits per heavy atom. The molecule has 0 aliphatic carbocycles. The van der Waals surface area contributed by atoms with Crippen LogP contribution in [-0.4, -0.2) is 36.0 Å². The Labute approximate surface area is 108 Å². The summed E-state index contributed by atoms with van der Waals surface area (Å²) in [7, 11) is 0. The fraction of sp³-hybridized carbons (Fsp3) is 0.769. The molecule has 0 bridgehead atoms. The Bertz CT molecular complexity index is 361. The lowest BCUT2D eigenvalue weighted by atomic mass is 9.97. The van der Waals surface area contributed by atoms with Crippen molar-refractivity contribution in [2.45, 2.75) is 32.4 Å². The second kappa shape index (κ2) is 6.31. The Hall–Kier alpha value is -0.910. The highest BCUT2D eigenvalue weighted by atomic mass is 16.5. The van der Waals surface area contributed by atoms with E-state index in [0.717, 1.165) is 31.9 Å². The molecule has 5 nitrogen and oxygen atoms in total. The third-order valence-corrected chi connectivity index (χ3v) is 3.55. The predicted octanol–water partition coefficient (Wildman–Crippen LogP) is 1.52. The Morgan fingerprint density at radius 3 is 3.17 bits per heavy atom. The Morgan fingerprint density at radius 2 is 2.50 bits per heavy atom. The average Bonchev–Trinajstić information content (AvgIpc) is 3.04. The molecule has 2 heterocycles. The molecule has 1 aliphatic rings. The molecule has 1 fully saturated rings. The lowest BCUT2D eigenvalue weighted by molar-refractivity contribution is 0.117. The monoisotopic (exact) mass is 253 g/mol. The smallest absolute Gasteiger partial charge is 0.0952 e. The maximum Gasteiger partial charge on any atom is 0.0952 e. The van der Waals surface area contributed by atoms with E-state index in [1.54, 1.807) is 0 Å². The zero-order chi connectivity index (χ0) is 13.0. The molecule has 0 aromatic carbocycles. The largest absolute Gasteiger partial charge is 0.381 e. The summed E-state index contributed by atoms with van der Waals surface area (Å²) >= 11 is 0. The molecule has 1 saturated heterocycles. The van der Waals surface area contributed by atoms with E-state index in [9.17, 15) is 0 Å². The number of hydrogen-bond donors (Lipinski definition) is 1. The van der Waals surface area contributed by atoms with Crippen LogP contribution in [-0.2, 0) is 9.47 Å². The van der Waals surface area contributed by atoms with Crippen LogP contribution in [0, 0.1) is 5.92 Å². The van der Waals surface area contributed by atoms with E-state index in [1.807, 2.05) is 19.4 Å². The molecule has 3 atom stereocenters. The molecular formula is C13H23N3O2. The Balaban J connectivity index is 2.06. The van der Waals surface area contributed by atoms with E-state index >= 15 is 0 Å². The van der Waals surface area contributed by atoms with Crippen LogP contribution in [0.1, 0.15) is 38.0 Å². The van der Waals surface area contributed by atoms with Crippen LogP contribution in [0.4, 0.5) is 0 Å². The average molecular weight is 253 g/mol. The maximum absolute atomic E-state index is 6.33. The summed E-state index contributed by atoms with van der Waals surface area (Å²) in [6, 6.07) is 0.259. The zero-order valence-electron chi connectivity index (χ0n) is 11.2. The Kier molecular flexibility index (Phi) is 4.74. The highest BCUT2D eigenvalue weighted by molar-refractivity contribution is 5.08. The van der Waals surface area contributed by atoms with Crippen LogP contribution in [0.25, 0.3) is 0 Å². The molecule has 3 unspecified atom stereocenters. The van der Waals surface area contributed by atoms with Gasteiger partial charge in [-0.1, -0.05) is 0 Å². The molecule has 1 aromatic rings. The van der Waals surface area contributed by atoms with Crippen LogP contribution >= 0.6 is 0 Å². The third kappa shape index (κ3) is 2.91. The molecule has 1 aliphatic heterocycles. The number of hydrogen-bond acceptors (Lipinski definition) is 4. The third-order valence-electron chi connectivity index (χ3n) is 3.55. The molecule has 0 spiro atoms. The van der Waals surface area contributed by atoms with Crippen LogP contribution in [0.2, 0.25) is 0 Å². The van der Waals surface area contributed by atoms with E-state index in [-0.39, 0.29) is 12.1 Å². The van der Waals surface area contributed by atoms with Gasteiger partial charge in [0.25, 0.3) is 0 Å². The van der Waals surface area contributed by atoms with Crippen molar-refractivity contribution in [1.29, 1.82) is 0 Å². The molecule has 2 N–H and O–H groups in total. The molecule has 0 amide bonds. The standard InChI is InChI=1S/C13H23N3O2/c1-3-17-7-10(2)16-9-15-6-12(16)13(14)11-4-5-18-8-11/h6,9-11,13H,3-5,7-8,14H2,1-2H3. The second-order valence-electron chi connectivity index (χ2n) is 4.88. The fourth-order valence-corrected chi connectivity index (χ4v) is 2.39. The van der Waals surface area contributed by atoms with Gasteiger partial charge in [0.1, 0.15) is 0 Å². The first-order chi connectivity index (χ1) is 8.74. The summed E-state index contributed by atoms with van der Waals surface area (Å²) in [5.41, 5.74) is 7.41. The van der Waals surface area contributed by atoms with Gasteiger partial charge in [-0.3, -0.25) is 0 Å². The van der Waals surface area contributed by atoms with Crippen molar-refractivity contribution in [2.75, 3.05) is 26.4 Å². The van der Waals surface area contributed by atoms with Gasteiger partial charge in [0, 0.05) is 25.3 Å². The summed E-state index contributed by atoms with van der Waals surface area (Å²) in [5, 5.41) is 0. The lowest BCUT2D eigenvalue weighted by Crippen LogP contribution is -2.26. The lowest BCUT2D eigenvalue weighted by Gasteiger charge is -2.22. The summed E-state index contributed by atoms with van der Waals surface area (Å²) in [6.07, 6.45) is 4.74. The highest BCUT2D eigenvalue weighted by Crippen LogP contribution is 2.27. The predicted molar refractivity (Wildman–Crippen MR) is 69.3 cm³/mol. The van der Waals surface area contributed by atoms with Gasteiger partial charge in [-0.05, 0) is 20.3 Å². The minimum atomic E-state index is -0.000855. The van der Waals surface area contributed by atoms with Crippen molar-refractivity contribution in [3.63, 3.8) is 0 Å². The molecule has 5 heteroatoms. The summed E-state index contributed by atoms with van der Waals surface area (Å²) < 4.78 is 13.0. The molecule has 0 saturated carbocycles. The number of nitrogens with zero attached hydrogens (tertiary/aromatic N) is 2. The number of nitrogens with two attached hydrogens (primary N) is 1. The fourth-order valence-electron chi connectivity index (χ4n) is 2.39. The first-order valence-corrected chi connectivity index (χ1v) is 6.66. The van der Waals surface area contributed by atoms with Gasteiger partial charge < -0.3 is 19.8 Å².